The number of nitrogens with zero attached hydrogens (tertiary/aromatic N) is 3. The third kappa shape index (κ3) is 3.29. The van der Waals surface area contributed by atoms with E-state index >= 15 is 0 Å². The highest BCUT2D eigenvalue weighted by Gasteiger charge is 2.20. The first-order valence-corrected chi connectivity index (χ1v) is 13.6. The molecule has 0 saturated carbocycles. The molecule has 0 bridgehead atoms. The Hall–Kier alpha value is -5.68. The minimum Gasteiger partial charge on any atom is -0.456 e. The number of rotatable bonds is 3. The van der Waals surface area contributed by atoms with E-state index in [0.717, 1.165) is 55.4 Å². The van der Waals surface area contributed by atoms with Crippen molar-refractivity contribution in [2.24, 2.45) is 0 Å². The van der Waals surface area contributed by atoms with Gasteiger partial charge in [0.25, 0.3) is 0 Å². The predicted octanol–water partition coefficient (Wildman–Crippen LogP) is 10.1. The lowest BCUT2D eigenvalue weighted by molar-refractivity contribution is 0.654. The SMILES string of the molecule is c1ccc2c(c1)cc(N(c1ccc3oc4ccncc4c3c1)c1ccc3oc4ncccc4c3c1)c1ccccc12. The number of benzene rings is 5. The fraction of sp³-hybridized carbons (Fsp3) is 0. The standard InChI is InChI=1S/C36H21N3O2/c1-2-7-25-22(6-1)18-32(27-9-4-3-8-26(25)27)39(23-12-14-34-29(19-23)28-10-5-16-38-36(28)41-34)24-11-13-33-30(20-24)31-21-37-17-15-35(31)40-33/h1-21H. The predicted molar refractivity (Wildman–Crippen MR) is 166 cm³/mol. The molecule has 0 saturated heterocycles. The monoisotopic (exact) mass is 527 g/mol. The summed E-state index contributed by atoms with van der Waals surface area (Å²) in [5.41, 5.74) is 6.25. The molecule has 41 heavy (non-hydrogen) atoms. The molecule has 0 N–H and O–H groups in total. The zero-order chi connectivity index (χ0) is 26.9. The minimum atomic E-state index is 0.640. The van der Waals surface area contributed by atoms with Crippen LogP contribution in [-0.4, -0.2) is 9.97 Å². The average molecular weight is 528 g/mol. The van der Waals surface area contributed by atoms with Crippen molar-refractivity contribution in [3.8, 4) is 0 Å². The second kappa shape index (κ2) is 8.41. The molecule has 0 spiro atoms. The molecule has 0 amide bonds. The lowest BCUT2D eigenvalue weighted by atomic mass is 9.98. The van der Waals surface area contributed by atoms with E-state index in [1.54, 1.807) is 12.4 Å². The van der Waals surface area contributed by atoms with Crippen LogP contribution in [0, 0.1) is 0 Å². The zero-order valence-electron chi connectivity index (χ0n) is 21.8. The molecule has 192 valence electrons. The van der Waals surface area contributed by atoms with Gasteiger partial charge in [-0.25, -0.2) is 4.98 Å². The van der Waals surface area contributed by atoms with E-state index in [9.17, 15) is 0 Å². The Morgan fingerprint density at radius 3 is 2.02 bits per heavy atom. The zero-order valence-corrected chi connectivity index (χ0v) is 21.8. The number of pyridine rings is 2. The number of hydrogen-bond acceptors (Lipinski definition) is 5. The molecule has 0 atom stereocenters. The van der Waals surface area contributed by atoms with Crippen molar-refractivity contribution in [3.63, 3.8) is 0 Å². The molecule has 4 heterocycles. The fourth-order valence-electron chi connectivity index (χ4n) is 6.13. The van der Waals surface area contributed by atoms with Crippen LogP contribution in [0.1, 0.15) is 0 Å². The fourth-order valence-corrected chi connectivity index (χ4v) is 6.13. The van der Waals surface area contributed by atoms with E-state index in [1.165, 1.54) is 21.5 Å². The van der Waals surface area contributed by atoms with Crippen LogP contribution in [-0.2, 0) is 0 Å². The quantitative estimate of drug-likeness (QED) is 0.214. The van der Waals surface area contributed by atoms with Gasteiger partial charge in [-0.05, 0) is 76.8 Å². The second-order valence-electron chi connectivity index (χ2n) is 10.3. The second-order valence-corrected chi connectivity index (χ2v) is 10.3. The van der Waals surface area contributed by atoms with Gasteiger partial charge >= 0.3 is 0 Å². The van der Waals surface area contributed by atoms with Crippen LogP contribution < -0.4 is 4.90 Å². The van der Waals surface area contributed by atoms with Crippen LogP contribution in [0.2, 0.25) is 0 Å². The van der Waals surface area contributed by atoms with Crippen LogP contribution in [0.4, 0.5) is 17.1 Å². The summed E-state index contributed by atoms with van der Waals surface area (Å²) in [6.45, 7) is 0. The normalized spacial score (nSPS) is 11.9. The Kier molecular flexibility index (Phi) is 4.55. The van der Waals surface area contributed by atoms with Gasteiger partial charge in [0.2, 0.25) is 5.71 Å². The molecule has 0 aliphatic rings. The summed E-state index contributed by atoms with van der Waals surface area (Å²) >= 11 is 0. The van der Waals surface area contributed by atoms with E-state index in [1.807, 2.05) is 24.4 Å². The first kappa shape index (κ1) is 22.2. The van der Waals surface area contributed by atoms with Crippen LogP contribution in [0.5, 0.6) is 0 Å². The summed E-state index contributed by atoms with van der Waals surface area (Å²) in [5, 5.41) is 8.85. The minimum absolute atomic E-state index is 0.640. The number of hydrogen-bond donors (Lipinski definition) is 0. The van der Waals surface area contributed by atoms with Gasteiger partial charge in [0, 0.05) is 56.9 Å². The smallest absolute Gasteiger partial charge is 0.227 e. The van der Waals surface area contributed by atoms with Crippen molar-refractivity contribution in [3.05, 3.63) is 128 Å². The van der Waals surface area contributed by atoms with Gasteiger partial charge in [0.1, 0.15) is 16.7 Å². The van der Waals surface area contributed by atoms with Gasteiger partial charge in [0.15, 0.2) is 0 Å². The molecule has 5 aromatic carbocycles. The first-order valence-electron chi connectivity index (χ1n) is 13.6. The molecule has 5 heteroatoms. The van der Waals surface area contributed by atoms with E-state index in [4.69, 9.17) is 8.83 Å². The maximum atomic E-state index is 6.14. The van der Waals surface area contributed by atoms with Crippen molar-refractivity contribution in [2.75, 3.05) is 4.90 Å². The molecule has 9 rings (SSSR count). The average Bonchev–Trinajstić information content (AvgIpc) is 3.59. The van der Waals surface area contributed by atoms with Crippen LogP contribution in [0.15, 0.2) is 137 Å². The summed E-state index contributed by atoms with van der Waals surface area (Å²) in [7, 11) is 0. The highest BCUT2D eigenvalue weighted by atomic mass is 16.3. The number of aromatic nitrogens is 2. The van der Waals surface area contributed by atoms with Gasteiger partial charge in [-0.15, -0.1) is 0 Å². The van der Waals surface area contributed by atoms with Gasteiger partial charge in [-0.1, -0.05) is 48.5 Å². The van der Waals surface area contributed by atoms with Crippen molar-refractivity contribution >= 4 is 82.6 Å². The molecule has 5 nitrogen and oxygen atoms in total. The summed E-state index contributed by atoms with van der Waals surface area (Å²) < 4.78 is 12.2. The number of furan rings is 2. The number of fused-ring (bicyclic) bond motifs is 9. The summed E-state index contributed by atoms with van der Waals surface area (Å²) in [5.74, 6) is 0. The van der Waals surface area contributed by atoms with Crippen LogP contribution in [0.3, 0.4) is 0 Å². The van der Waals surface area contributed by atoms with Crippen LogP contribution >= 0.6 is 0 Å². The largest absolute Gasteiger partial charge is 0.456 e. The molecule has 0 unspecified atom stereocenters. The maximum absolute atomic E-state index is 6.14. The van der Waals surface area contributed by atoms with Crippen molar-refractivity contribution in [1.29, 1.82) is 0 Å². The van der Waals surface area contributed by atoms with Crippen molar-refractivity contribution < 1.29 is 8.83 Å². The Labute approximate surface area is 233 Å². The van der Waals surface area contributed by atoms with Gasteiger partial charge in [0.05, 0.1) is 5.69 Å². The Morgan fingerprint density at radius 2 is 1.17 bits per heavy atom. The lowest BCUT2D eigenvalue weighted by Crippen LogP contribution is -2.10. The first-order chi connectivity index (χ1) is 20.3. The highest BCUT2D eigenvalue weighted by molar-refractivity contribution is 6.15. The Morgan fingerprint density at radius 1 is 0.488 bits per heavy atom. The van der Waals surface area contributed by atoms with E-state index in [0.29, 0.717) is 5.71 Å². The van der Waals surface area contributed by atoms with Gasteiger partial charge in [-0.2, -0.15) is 0 Å². The molecular weight excluding hydrogens is 506 g/mol. The molecule has 0 radical (unpaired) electrons. The summed E-state index contributed by atoms with van der Waals surface area (Å²) in [6, 6.07) is 38.1. The summed E-state index contributed by atoms with van der Waals surface area (Å²) in [6.07, 6.45) is 5.40. The molecule has 9 aromatic rings. The van der Waals surface area contributed by atoms with E-state index in [2.05, 4.69) is 106 Å². The van der Waals surface area contributed by atoms with E-state index in [-0.39, 0.29) is 0 Å². The van der Waals surface area contributed by atoms with Crippen molar-refractivity contribution in [1.82, 2.24) is 9.97 Å². The third-order valence-corrected chi connectivity index (χ3v) is 7.99. The molecule has 4 aromatic heterocycles. The van der Waals surface area contributed by atoms with Crippen molar-refractivity contribution in [2.45, 2.75) is 0 Å². The Bertz CT molecular complexity index is 2340. The number of anilines is 3. The third-order valence-electron chi connectivity index (χ3n) is 7.99. The van der Waals surface area contributed by atoms with E-state index < -0.39 is 0 Å². The molecular formula is C36H21N3O2. The molecule has 0 fully saturated rings. The Balaban J connectivity index is 1.38. The van der Waals surface area contributed by atoms with Crippen LogP contribution in [0.25, 0.3) is 65.6 Å². The van der Waals surface area contributed by atoms with Gasteiger partial charge in [-0.3, -0.25) is 4.98 Å². The molecule has 0 aliphatic carbocycles. The summed E-state index contributed by atoms with van der Waals surface area (Å²) in [4.78, 5) is 11.1. The maximum Gasteiger partial charge on any atom is 0.227 e. The lowest BCUT2D eigenvalue weighted by Gasteiger charge is -2.27. The topological polar surface area (TPSA) is 55.3 Å². The molecule has 0 aliphatic heterocycles. The highest BCUT2D eigenvalue weighted by Crippen LogP contribution is 2.44. The van der Waals surface area contributed by atoms with Gasteiger partial charge < -0.3 is 13.7 Å².